The van der Waals surface area contributed by atoms with Crippen molar-refractivity contribution in [1.29, 1.82) is 0 Å². The van der Waals surface area contributed by atoms with Gasteiger partial charge in [0.25, 0.3) is 5.91 Å². The van der Waals surface area contributed by atoms with Gasteiger partial charge in [0.05, 0.1) is 105 Å². The Labute approximate surface area is 736 Å². The first-order valence-corrected chi connectivity index (χ1v) is 44.1. The first-order valence-electron chi connectivity index (χ1n) is 41.7. The number of benzene rings is 5. The number of morpholine rings is 3. The fourth-order valence-corrected chi connectivity index (χ4v) is 18.9. The number of amides is 5. The van der Waals surface area contributed by atoms with Gasteiger partial charge in [0.15, 0.2) is 40.7 Å². The Morgan fingerprint density at radius 1 is 0.540 bits per heavy atom. The van der Waals surface area contributed by atoms with Gasteiger partial charge in [-0.2, -0.15) is 10.2 Å². The number of anilines is 5. The van der Waals surface area contributed by atoms with Crippen LogP contribution in [0.3, 0.4) is 0 Å². The number of carbonyl (C=O) groups excluding carboxylic acids is 6. The lowest BCUT2D eigenvalue weighted by Gasteiger charge is -2.36. The van der Waals surface area contributed by atoms with Gasteiger partial charge in [-0.1, -0.05) is 73.8 Å². The van der Waals surface area contributed by atoms with Gasteiger partial charge in [-0.05, 0) is 102 Å². The number of nitrogens with one attached hydrogen (secondary N) is 5. The maximum absolute atomic E-state index is 13.6. The largest absolute Gasteiger partial charge is 0.508 e. The van der Waals surface area contributed by atoms with Crippen LogP contribution in [-0.2, 0) is 58.3 Å². The second-order valence-electron chi connectivity index (χ2n) is 30.6. The maximum atomic E-state index is 13.6. The predicted octanol–water partition coefficient (Wildman–Crippen LogP) is 11.2. The predicted molar refractivity (Wildman–Crippen MR) is 491 cm³/mol. The van der Waals surface area contributed by atoms with Gasteiger partial charge in [0.1, 0.15) is 11.6 Å². The SMILES string of the molecule is C=CC(=O)NCC(=O)NCc1ccc(-c2cc3nc(-c4cccc5[nH]ncc45)nc(N4CCOCC4)c3s2)cc1.C=CC(=O)Nc1ccc(N2CCN(C(=O)c3cc4nc(-c5cccc(O)c5)nc(N5CCOCC5)c4s3)CC2)cc1.Cn1ccnc1/C=C/C(=O)CCC(=O)N1CCN(Cc2cc3nc(-c4cccc5[nH]ncc45)nc(N4CCOCC4)c3s2)CC1. The number of phenolic OH excluding ortho intramolecular Hbond substituents is 1. The fourth-order valence-electron chi connectivity index (χ4n) is 15.5. The van der Waals surface area contributed by atoms with E-state index < -0.39 is 0 Å². The summed E-state index contributed by atoms with van der Waals surface area (Å²) in [5.74, 6) is 4.45. The molecule has 6 N–H and O–H groups in total. The van der Waals surface area contributed by atoms with Gasteiger partial charge in [-0.15, -0.1) is 34.0 Å². The summed E-state index contributed by atoms with van der Waals surface area (Å²) in [6.07, 6.45) is 13.1. The number of hydrogen-bond donors (Lipinski definition) is 6. The number of imidazole rings is 1. The summed E-state index contributed by atoms with van der Waals surface area (Å²) in [5, 5.41) is 34.5. The number of ketones is 1. The number of hydrogen-bond acceptors (Lipinski definition) is 27. The third kappa shape index (κ3) is 19.8. The number of thiophene rings is 3. The average Bonchev–Trinajstić information content (AvgIpc) is 1.59. The highest BCUT2D eigenvalue weighted by Crippen LogP contribution is 2.42. The number of piperazine rings is 2. The molecular weight excluding hydrogens is 1660 g/mol. The molecule has 0 unspecified atom stereocenters. The number of rotatable bonds is 23. The number of carbonyl (C=O) groups is 6. The summed E-state index contributed by atoms with van der Waals surface area (Å²) in [7, 11) is 1.87. The Balaban J connectivity index is 0.000000134. The minimum Gasteiger partial charge on any atom is -0.508 e. The first kappa shape index (κ1) is 84.7. The quantitative estimate of drug-likeness (QED) is 0.0324. The van der Waals surface area contributed by atoms with E-state index in [1.54, 1.807) is 53.1 Å². The van der Waals surface area contributed by atoms with Crippen LogP contribution in [0.4, 0.5) is 28.8 Å². The Morgan fingerprint density at radius 2 is 1.10 bits per heavy atom. The lowest BCUT2D eigenvalue weighted by molar-refractivity contribution is -0.134. The highest BCUT2D eigenvalue weighted by Gasteiger charge is 2.30. The Morgan fingerprint density at radius 3 is 1.70 bits per heavy atom. The molecule has 0 aliphatic carbocycles. The van der Waals surface area contributed by atoms with Gasteiger partial charge >= 0.3 is 0 Å². The molecule has 0 spiro atoms. The van der Waals surface area contributed by atoms with E-state index >= 15 is 0 Å². The Kier molecular flexibility index (Phi) is 26.3. The van der Waals surface area contributed by atoms with Crippen molar-refractivity contribution in [3.05, 3.63) is 205 Å². The van der Waals surface area contributed by atoms with E-state index in [1.165, 1.54) is 28.4 Å². The second-order valence-corrected chi connectivity index (χ2v) is 33.8. The molecule has 5 aliphatic heterocycles. The number of aromatic hydroxyl groups is 1. The van der Waals surface area contributed by atoms with Crippen molar-refractivity contribution in [1.82, 2.24) is 85.2 Å². The van der Waals surface area contributed by atoms with E-state index in [-0.39, 0.29) is 60.5 Å². The number of ether oxygens (including phenoxy) is 3. The number of allylic oxidation sites excluding steroid dienone is 1. The minimum absolute atomic E-state index is 0.0121. The molecule has 0 atom stereocenters. The molecule has 5 aliphatic rings. The van der Waals surface area contributed by atoms with Gasteiger partial charge < -0.3 is 69.2 Å². The molecule has 14 aromatic rings. The van der Waals surface area contributed by atoms with Crippen molar-refractivity contribution in [3.63, 3.8) is 0 Å². The van der Waals surface area contributed by atoms with Crippen molar-refractivity contribution < 1.29 is 48.1 Å². The summed E-state index contributed by atoms with van der Waals surface area (Å²) in [6.45, 7) is 21.8. The monoisotopic (exact) mass is 1750 g/mol. The zero-order chi connectivity index (χ0) is 86.6. The van der Waals surface area contributed by atoms with Crippen molar-refractivity contribution in [2.75, 3.05) is 163 Å². The number of phenols is 1. The number of aromatic nitrogens is 12. The minimum atomic E-state index is -0.380. The second kappa shape index (κ2) is 39.1. The third-order valence-electron chi connectivity index (χ3n) is 22.4. The summed E-state index contributed by atoms with van der Waals surface area (Å²) in [6, 6.07) is 40.8. The lowest BCUT2D eigenvalue weighted by atomic mass is 10.1. The normalized spacial score (nSPS) is 15.2. The molecule has 126 heavy (non-hydrogen) atoms. The van der Waals surface area contributed by atoms with Crippen molar-refractivity contribution in [2.24, 2.45) is 7.05 Å². The molecule has 0 radical (unpaired) electrons. The smallest absolute Gasteiger partial charge is 0.264 e. The standard InChI is InChI=1S/C32H35N9O3S.C30H30N6O4S.C29H27N7O3S/c1-38-10-9-33-28(38)7-5-22(42)6-8-29(43)40-13-11-39(12-14-40)21-23-19-27-30(45-23)32(41-15-17-44-18-16-41)36-31(35-27)24-3-2-4-26-25(24)20-34-37-26;1-2-26(38)31-21-6-8-22(9-7-21)34-10-12-36(13-11-34)30(39)25-19-24-27(41-25)29(35-14-16-40-17-15-35)33-28(32-24)20-4-3-5-23(37)18-20;1-2-25(37)31-17-26(38)30-15-18-6-8-19(9-7-18)24-14-23-27(40-24)29(36-10-12-39-13-11-36)34-28(33-23)20-4-3-5-22-21(20)16-32-35-22/h2-5,7,9-10,19-20H,6,8,11-18,21H2,1H3,(H,34,37);2-9,18-19,37H,1,10-17H2,(H,31,38);2-9,14,16H,1,10-13,15,17H2,(H,30,38)(H,31,37)(H,32,35)/b7-5+;;. The van der Waals surface area contributed by atoms with Gasteiger partial charge in [0, 0.05) is 186 Å². The van der Waals surface area contributed by atoms with Crippen LogP contribution in [0.25, 0.3) is 103 Å². The molecule has 19 rings (SSSR count). The number of aromatic amines is 2. The van der Waals surface area contributed by atoms with Gasteiger partial charge in [0.2, 0.25) is 23.6 Å². The number of aryl methyl sites for hydroxylation is 1. The van der Waals surface area contributed by atoms with Crippen LogP contribution in [0.1, 0.15) is 38.8 Å². The zero-order valence-corrected chi connectivity index (χ0v) is 71.7. The number of nitrogens with zero attached hydrogens (tertiary/aromatic N) is 17. The van der Waals surface area contributed by atoms with Gasteiger partial charge in [-0.25, -0.2) is 34.9 Å². The number of fused-ring (bicyclic) bond motifs is 5. The van der Waals surface area contributed by atoms with Crippen LogP contribution < -0.4 is 35.6 Å². The van der Waals surface area contributed by atoms with Crippen molar-refractivity contribution in [3.8, 4) is 50.4 Å². The molecule has 32 nitrogen and oxygen atoms in total. The molecule has 35 heteroatoms. The molecule has 5 amide bonds. The molecule has 14 heterocycles. The van der Waals surface area contributed by atoms with Gasteiger partial charge in [-0.3, -0.25) is 43.9 Å². The third-order valence-corrected chi connectivity index (χ3v) is 25.7. The van der Waals surface area contributed by atoms with E-state index in [9.17, 15) is 33.9 Å². The molecule has 0 bridgehead atoms. The molecule has 0 saturated carbocycles. The van der Waals surface area contributed by atoms with Crippen molar-refractivity contribution in [2.45, 2.75) is 25.9 Å². The topological polar surface area (TPSA) is 362 Å². The van der Waals surface area contributed by atoms with Crippen LogP contribution in [0.5, 0.6) is 5.75 Å². The summed E-state index contributed by atoms with van der Waals surface area (Å²) < 4.78 is 21.6. The van der Waals surface area contributed by atoms with E-state index in [2.05, 4.69) is 91.1 Å². The highest BCUT2D eigenvalue weighted by atomic mass is 32.1. The maximum Gasteiger partial charge on any atom is 0.264 e. The molecule has 5 aromatic carbocycles. The van der Waals surface area contributed by atoms with Crippen LogP contribution in [-0.4, -0.2) is 253 Å². The average molecular weight is 1750 g/mol. The van der Waals surface area contributed by atoms with E-state index in [1.807, 2.05) is 137 Å². The summed E-state index contributed by atoms with van der Waals surface area (Å²) in [4.78, 5) is 126. The zero-order valence-electron chi connectivity index (χ0n) is 69.3. The Bertz CT molecular complexity index is 6360. The van der Waals surface area contributed by atoms with E-state index in [4.69, 9.17) is 44.1 Å². The highest BCUT2D eigenvalue weighted by molar-refractivity contribution is 7.23. The molecule has 9 aromatic heterocycles. The summed E-state index contributed by atoms with van der Waals surface area (Å²) in [5.41, 5.74) is 10.8. The lowest BCUT2D eigenvalue weighted by Crippen LogP contribution is -2.48. The molecule has 644 valence electrons. The van der Waals surface area contributed by atoms with E-state index in [0.29, 0.717) is 138 Å². The van der Waals surface area contributed by atoms with Crippen molar-refractivity contribution >= 4 is 157 Å². The molecule has 5 fully saturated rings. The van der Waals surface area contributed by atoms with Crippen LogP contribution in [0, 0.1) is 0 Å². The molecular formula is C91H92N22O10S3. The Hall–Kier alpha value is -13.6. The number of H-pyrrole nitrogens is 2. The van der Waals surface area contributed by atoms with Crippen LogP contribution >= 0.6 is 34.0 Å². The fraction of sp³-hybridized carbons (Fsp3) is 0.286. The van der Waals surface area contributed by atoms with Crippen LogP contribution in [0.15, 0.2) is 184 Å². The molecule has 5 saturated heterocycles. The van der Waals surface area contributed by atoms with E-state index in [0.717, 1.165) is 155 Å². The first-order chi connectivity index (χ1) is 61.6. The summed E-state index contributed by atoms with van der Waals surface area (Å²) >= 11 is 4.85. The van der Waals surface area contributed by atoms with Crippen LogP contribution in [0.2, 0.25) is 0 Å².